The number of hydrogen-bond donors (Lipinski definition) is 1. The van der Waals surface area contributed by atoms with Crippen molar-refractivity contribution in [1.82, 2.24) is 19.4 Å². The van der Waals surface area contributed by atoms with Gasteiger partial charge in [0.05, 0.1) is 5.39 Å². The minimum atomic E-state index is -2.89. The number of piperidine rings is 1. The van der Waals surface area contributed by atoms with Gasteiger partial charge in [0.15, 0.2) is 0 Å². The smallest absolute Gasteiger partial charge is 0.275 e. The fourth-order valence-corrected chi connectivity index (χ4v) is 7.78. The number of halogens is 2. The van der Waals surface area contributed by atoms with E-state index in [1.54, 1.807) is 16.7 Å². The zero-order valence-electron chi connectivity index (χ0n) is 24.9. The summed E-state index contributed by atoms with van der Waals surface area (Å²) in [5.74, 6) is -0.936. The van der Waals surface area contributed by atoms with Crippen molar-refractivity contribution < 1.29 is 13.0 Å². The Morgan fingerprint density at radius 2 is 1.72 bits per heavy atom. The maximum Gasteiger partial charge on any atom is 0.275 e. The van der Waals surface area contributed by atoms with Gasteiger partial charge in [-0.3, -0.25) is 13.6 Å². The molecule has 1 N–H and O–H groups in total. The van der Waals surface area contributed by atoms with Crippen LogP contribution in [-0.4, -0.2) is 67.9 Å². The molecule has 8 nitrogen and oxygen atoms in total. The first-order chi connectivity index (χ1) is 20.8. The molecule has 2 saturated heterocycles. The zero-order chi connectivity index (χ0) is 30.0. The van der Waals surface area contributed by atoms with E-state index in [0.29, 0.717) is 66.0 Å². The van der Waals surface area contributed by atoms with Crippen LogP contribution in [0.5, 0.6) is 0 Å². The second kappa shape index (κ2) is 13.0. The number of nitrogens with one attached hydrogen (secondary N) is 1. The summed E-state index contributed by atoms with van der Waals surface area (Å²) in [7, 11) is -0.868. The van der Waals surface area contributed by atoms with Crippen molar-refractivity contribution in [3.8, 4) is 0 Å². The third-order valence-corrected chi connectivity index (χ3v) is 10.8. The van der Waals surface area contributed by atoms with Crippen LogP contribution in [0.4, 0.5) is 20.3 Å². The molecule has 1 atom stereocenters. The molecule has 2 aromatic heterocycles. The Labute approximate surface area is 254 Å². The third kappa shape index (κ3) is 6.77. The molecular formula is C32H42F2N6O2S. The van der Waals surface area contributed by atoms with E-state index < -0.39 is 16.7 Å². The number of rotatable bonds is 1. The first-order valence-electron chi connectivity index (χ1n) is 15.7. The lowest BCUT2D eigenvalue weighted by atomic mass is 9.89. The molecule has 43 heavy (non-hydrogen) atoms. The first kappa shape index (κ1) is 30.1. The van der Waals surface area contributed by atoms with Crippen LogP contribution in [0.25, 0.3) is 11.0 Å². The van der Waals surface area contributed by atoms with Crippen LogP contribution in [0, 0.1) is 5.92 Å². The van der Waals surface area contributed by atoms with E-state index in [0.717, 1.165) is 57.3 Å². The number of nitrogens with zero attached hydrogens (tertiary/aromatic N) is 5. The maximum atomic E-state index is 15.5. The monoisotopic (exact) mass is 612 g/mol. The summed E-state index contributed by atoms with van der Waals surface area (Å²) in [6.07, 6.45) is 6.66. The maximum absolute atomic E-state index is 15.5. The number of hydrogen-bond acceptors (Lipinski definition) is 7. The molecule has 1 aromatic carbocycles. The molecule has 0 spiro atoms. The number of aryl methyl sites for hydroxylation is 1. The number of alkyl halides is 2. The van der Waals surface area contributed by atoms with Crippen molar-refractivity contribution in [2.45, 2.75) is 70.4 Å². The summed E-state index contributed by atoms with van der Waals surface area (Å²) in [5, 5.41) is 4.15. The van der Waals surface area contributed by atoms with Gasteiger partial charge < -0.3 is 15.1 Å². The minimum Gasteiger partial charge on any atom is -0.365 e. The average molecular weight is 613 g/mol. The molecular weight excluding hydrogens is 570 g/mol. The van der Waals surface area contributed by atoms with Gasteiger partial charge in [0.1, 0.15) is 23.5 Å². The SMILES string of the molecule is C[C@H]1Nc2ncnc3c2cc(N2CCS(=O)CC2)c(=O)n3CCCCCN2CCC(CC2)CCC(F)(F)c2cccc1c2. The Kier molecular flexibility index (Phi) is 9.09. The lowest BCUT2D eigenvalue weighted by Gasteiger charge is -2.32. The number of aromatic nitrogens is 3. The van der Waals surface area contributed by atoms with Crippen molar-refractivity contribution in [2.75, 3.05) is 54.4 Å². The molecule has 7 rings (SSSR count). The van der Waals surface area contributed by atoms with Crippen molar-refractivity contribution in [1.29, 1.82) is 0 Å². The van der Waals surface area contributed by atoms with Crippen molar-refractivity contribution in [3.05, 3.63) is 58.1 Å². The minimum absolute atomic E-state index is 0.0492. The molecule has 0 radical (unpaired) electrons. The molecule has 8 bridgehead atoms. The number of anilines is 2. The van der Waals surface area contributed by atoms with Crippen LogP contribution in [0.3, 0.4) is 0 Å². The first-order valence-corrected chi connectivity index (χ1v) is 17.2. The van der Waals surface area contributed by atoms with Crippen LogP contribution >= 0.6 is 0 Å². The van der Waals surface area contributed by atoms with Gasteiger partial charge in [-0.2, -0.15) is 0 Å². The van der Waals surface area contributed by atoms with Crippen molar-refractivity contribution in [3.63, 3.8) is 0 Å². The van der Waals surface area contributed by atoms with E-state index >= 15 is 8.78 Å². The second-order valence-electron chi connectivity index (χ2n) is 12.4. The highest BCUT2D eigenvalue weighted by Crippen LogP contribution is 2.37. The summed E-state index contributed by atoms with van der Waals surface area (Å²) < 4.78 is 44.7. The fraction of sp³-hybridized carbons (Fsp3) is 0.594. The normalized spacial score (nSPS) is 25.7. The van der Waals surface area contributed by atoms with Gasteiger partial charge in [0.2, 0.25) is 0 Å². The largest absolute Gasteiger partial charge is 0.365 e. The molecule has 232 valence electrons. The van der Waals surface area contributed by atoms with Gasteiger partial charge in [0.25, 0.3) is 11.5 Å². The standard InChI is InChI=1S/C32H42F2N6O2S/c1-23-25-6-5-7-26(20-25)32(33,34)11-8-24-9-14-38(15-10-24)12-3-2-4-13-40-30-27(29(37-23)35-22-36-30)21-28(31(40)41)39-16-18-43(42)19-17-39/h5-7,20-24H,2-4,8-19H2,1H3,(H,35,36,37)/t23-/m1/s1. The molecule has 0 amide bonds. The highest BCUT2D eigenvalue weighted by molar-refractivity contribution is 7.85. The Morgan fingerprint density at radius 1 is 0.953 bits per heavy atom. The summed E-state index contributed by atoms with van der Waals surface area (Å²) in [6.45, 7) is 6.50. The average Bonchev–Trinajstić information content (AvgIpc) is 3.01. The summed E-state index contributed by atoms with van der Waals surface area (Å²) in [4.78, 5) is 27.5. The predicted octanol–water partition coefficient (Wildman–Crippen LogP) is 5.30. The van der Waals surface area contributed by atoms with Crippen LogP contribution in [0.1, 0.15) is 69.0 Å². The lowest BCUT2D eigenvalue weighted by Crippen LogP contribution is -2.41. The molecule has 3 aromatic rings. The van der Waals surface area contributed by atoms with Crippen LogP contribution in [0.2, 0.25) is 0 Å². The van der Waals surface area contributed by atoms with E-state index in [1.165, 1.54) is 12.4 Å². The molecule has 4 aliphatic heterocycles. The molecule has 11 heteroatoms. The van der Waals surface area contributed by atoms with Gasteiger partial charge in [-0.15, -0.1) is 0 Å². The van der Waals surface area contributed by atoms with E-state index in [9.17, 15) is 9.00 Å². The van der Waals surface area contributed by atoms with Gasteiger partial charge in [-0.1, -0.05) is 24.6 Å². The highest BCUT2D eigenvalue weighted by Gasteiger charge is 2.33. The number of fused-ring (bicyclic) bond motifs is 9. The molecule has 2 fully saturated rings. The summed E-state index contributed by atoms with van der Waals surface area (Å²) >= 11 is 0. The van der Waals surface area contributed by atoms with E-state index in [-0.39, 0.29) is 23.6 Å². The second-order valence-corrected chi connectivity index (χ2v) is 14.1. The molecule has 4 aliphatic rings. The Morgan fingerprint density at radius 3 is 2.51 bits per heavy atom. The van der Waals surface area contributed by atoms with Crippen LogP contribution in [-0.2, 0) is 23.3 Å². The molecule has 0 aliphatic carbocycles. The predicted molar refractivity (Wildman–Crippen MR) is 169 cm³/mol. The van der Waals surface area contributed by atoms with Gasteiger partial charge in [-0.05, 0) is 82.3 Å². The zero-order valence-corrected chi connectivity index (χ0v) is 25.8. The topological polar surface area (TPSA) is 83.4 Å². The summed E-state index contributed by atoms with van der Waals surface area (Å²) in [5.41, 5.74) is 1.83. The van der Waals surface area contributed by atoms with E-state index in [4.69, 9.17) is 0 Å². The molecule has 6 heterocycles. The fourth-order valence-electron chi connectivity index (χ4n) is 6.73. The van der Waals surface area contributed by atoms with Crippen LogP contribution < -0.4 is 15.8 Å². The van der Waals surface area contributed by atoms with E-state index in [1.807, 2.05) is 24.0 Å². The van der Waals surface area contributed by atoms with Gasteiger partial charge >= 0.3 is 0 Å². The number of pyridine rings is 1. The van der Waals surface area contributed by atoms with Gasteiger partial charge in [0, 0.05) is 60.0 Å². The Bertz CT molecular complexity index is 1510. The summed E-state index contributed by atoms with van der Waals surface area (Å²) in [6, 6.07) is 8.25. The van der Waals surface area contributed by atoms with Crippen molar-refractivity contribution >= 4 is 33.3 Å². The molecule has 0 unspecified atom stereocenters. The Hall–Kier alpha value is -2.92. The quantitative estimate of drug-likeness (QED) is 0.399. The van der Waals surface area contributed by atoms with E-state index in [2.05, 4.69) is 20.2 Å². The lowest BCUT2D eigenvalue weighted by molar-refractivity contribution is -0.0217. The van der Waals surface area contributed by atoms with Crippen molar-refractivity contribution in [2.24, 2.45) is 5.92 Å². The highest BCUT2D eigenvalue weighted by atomic mass is 32.2. The Balaban J connectivity index is 1.38. The third-order valence-electron chi connectivity index (χ3n) is 9.47. The number of benzene rings is 1. The van der Waals surface area contributed by atoms with Gasteiger partial charge in [-0.25, -0.2) is 18.7 Å². The van der Waals surface area contributed by atoms with Crippen LogP contribution in [0.15, 0.2) is 41.5 Å². The molecule has 0 saturated carbocycles.